The summed E-state index contributed by atoms with van der Waals surface area (Å²) in [6.07, 6.45) is 17.8. The first-order valence-corrected chi connectivity index (χ1v) is 8.23. The van der Waals surface area contributed by atoms with Gasteiger partial charge in [0.15, 0.2) is 0 Å². The average molecular weight is 256 g/mol. The lowest BCUT2D eigenvalue weighted by Gasteiger charge is -2.04. The molecule has 0 radical (unpaired) electrons. The highest BCUT2D eigenvalue weighted by Crippen LogP contribution is 2.12. The van der Waals surface area contributed by atoms with Crippen molar-refractivity contribution in [2.45, 2.75) is 96.4 Å². The van der Waals surface area contributed by atoms with E-state index in [9.17, 15) is 0 Å². The van der Waals surface area contributed by atoms with Crippen LogP contribution in [0.4, 0.5) is 0 Å². The first-order chi connectivity index (χ1) is 8.77. The van der Waals surface area contributed by atoms with Crippen molar-refractivity contribution < 1.29 is 0 Å². The van der Waals surface area contributed by atoms with Gasteiger partial charge in [0, 0.05) is 6.04 Å². The summed E-state index contributed by atoms with van der Waals surface area (Å²) in [5.74, 6) is 0. The number of hydrogen-bond acceptors (Lipinski definition) is 2. The first kappa shape index (κ1) is 17.9. The topological polar surface area (TPSA) is 52.0 Å². The van der Waals surface area contributed by atoms with Gasteiger partial charge in [-0.25, -0.2) is 0 Å². The van der Waals surface area contributed by atoms with E-state index in [1.54, 1.807) is 0 Å². The van der Waals surface area contributed by atoms with Gasteiger partial charge in [-0.2, -0.15) is 0 Å². The highest BCUT2D eigenvalue weighted by Gasteiger charge is 1.95. The lowest BCUT2D eigenvalue weighted by molar-refractivity contribution is 0.526. The van der Waals surface area contributed by atoms with E-state index in [0.29, 0.717) is 6.04 Å². The summed E-state index contributed by atoms with van der Waals surface area (Å²) in [6, 6.07) is 0.393. The molecule has 0 fully saturated rings. The lowest BCUT2D eigenvalue weighted by atomic mass is 10.0. The Labute approximate surface area is 115 Å². The second-order valence-corrected chi connectivity index (χ2v) is 5.80. The summed E-state index contributed by atoms with van der Waals surface area (Å²) < 4.78 is 0. The van der Waals surface area contributed by atoms with Crippen LogP contribution in [0.15, 0.2) is 0 Å². The fourth-order valence-corrected chi connectivity index (χ4v) is 2.38. The summed E-state index contributed by atoms with van der Waals surface area (Å²) >= 11 is 0. The molecule has 2 heteroatoms. The molecule has 0 heterocycles. The van der Waals surface area contributed by atoms with Gasteiger partial charge in [0.2, 0.25) is 0 Å². The van der Waals surface area contributed by atoms with Gasteiger partial charge in [0.1, 0.15) is 0 Å². The van der Waals surface area contributed by atoms with Crippen molar-refractivity contribution in [3.8, 4) is 0 Å². The summed E-state index contributed by atoms with van der Waals surface area (Å²) in [7, 11) is 0. The molecule has 0 aromatic heterocycles. The number of rotatable bonds is 14. The molecule has 4 N–H and O–H groups in total. The molecule has 0 saturated carbocycles. The SMILES string of the molecule is CC(N)CCCCCCCCCCCCCCN. The third kappa shape index (κ3) is 15.9. The second kappa shape index (κ2) is 15.0. The van der Waals surface area contributed by atoms with Crippen LogP contribution in [0.3, 0.4) is 0 Å². The molecule has 0 spiro atoms. The predicted octanol–water partition coefficient (Wildman–Crippen LogP) is 4.36. The number of hydrogen-bond donors (Lipinski definition) is 2. The Hall–Kier alpha value is -0.0800. The molecular weight excluding hydrogens is 220 g/mol. The molecule has 18 heavy (non-hydrogen) atoms. The van der Waals surface area contributed by atoms with Gasteiger partial charge in [0.05, 0.1) is 0 Å². The maximum absolute atomic E-state index is 5.72. The molecule has 0 aliphatic carbocycles. The molecule has 1 unspecified atom stereocenters. The Morgan fingerprint density at radius 2 is 0.944 bits per heavy atom. The van der Waals surface area contributed by atoms with Crippen LogP contribution in [0.25, 0.3) is 0 Å². The van der Waals surface area contributed by atoms with Crippen molar-refractivity contribution >= 4 is 0 Å². The van der Waals surface area contributed by atoms with Gasteiger partial charge in [-0.15, -0.1) is 0 Å². The van der Waals surface area contributed by atoms with Gasteiger partial charge in [-0.05, 0) is 26.3 Å². The second-order valence-electron chi connectivity index (χ2n) is 5.80. The van der Waals surface area contributed by atoms with Crippen molar-refractivity contribution in [3.05, 3.63) is 0 Å². The van der Waals surface area contributed by atoms with Crippen LogP contribution >= 0.6 is 0 Å². The third-order valence-electron chi connectivity index (χ3n) is 3.61. The van der Waals surface area contributed by atoms with Crippen molar-refractivity contribution in [3.63, 3.8) is 0 Å². The molecule has 0 saturated heterocycles. The van der Waals surface area contributed by atoms with E-state index in [1.165, 1.54) is 83.5 Å². The zero-order valence-corrected chi connectivity index (χ0v) is 12.6. The van der Waals surface area contributed by atoms with Crippen LogP contribution in [0.1, 0.15) is 90.4 Å². The highest BCUT2D eigenvalue weighted by atomic mass is 14.6. The molecule has 0 aromatic rings. The Kier molecular flexibility index (Phi) is 14.9. The maximum atomic E-state index is 5.72. The van der Waals surface area contributed by atoms with E-state index < -0.39 is 0 Å². The van der Waals surface area contributed by atoms with Crippen molar-refractivity contribution in [2.75, 3.05) is 6.54 Å². The van der Waals surface area contributed by atoms with Crippen LogP contribution in [-0.2, 0) is 0 Å². The molecule has 0 aromatic carbocycles. The molecule has 0 rings (SSSR count). The molecule has 0 aliphatic rings. The molecule has 0 amide bonds. The standard InChI is InChI=1S/C16H36N2/c1-16(18)14-12-10-8-6-4-2-3-5-7-9-11-13-15-17/h16H,2-15,17-18H2,1H3. The molecule has 0 aliphatic heterocycles. The maximum Gasteiger partial charge on any atom is 0.00104 e. The van der Waals surface area contributed by atoms with Gasteiger partial charge >= 0.3 is 0 Å². The van der Waals surface area contributed by atoms with Crippen LogP contribution in [-0.4, -0.2) is 12.6 Å². The largest absolute Gasteiger partial charge is 0.330 e. The quantitative estimate of drug-likeness (QED) is 0.454. The molecular formula is C16H36N2. The monoisotopic (exact) mass is 256 g/mol. The fourth-order valence-electron chi connectivity index (χ4n) is 2.38. The minimum Gasteiger partial charge on any atom is -0.330 e. The fraction of sp³-hybridized carbons (Fsp3) is 1.00. The summed E-state index contributed by atoms with van der Waals surface area (Å²) in [5.41, 5.74) is 11.2. The first-order valence-electron chi connectivity index (χ1n) is 8.23. The Morgan fingerprint density at radius 1 is 0.611 bits per heavy atom. The van der Waals surface area contributed by atoms with Crippen molar-refractivity contribution in [1.82, 2.24) is 0 Å². The van der Waals surface area contributed by atoms with Crippen LogP contribution in [0, 0.1) is 0 Å². The highest BCUT2D eigenvalue weighted by molar-refractivity contribution is 4.54. The predicted molar refractivity (Wildman–Crippen MR) is 82.7 cm³/mol. The van der Waals surface area contributed by atoms with Crippen LogP contribution in [0.2, 0.25) is 0 Å². The number of nitrogens with two attached hydrogens (primary N) is 2. The minimum atomic E-state index is 0.393. The average Bonchev–Trinajstić information content (AvgIpc) is 2.34. The van der Waals surface area contributed by atoms with Crippen molar-refractivity contribution in [1.29, 1.82) is 0 Å². The van der Waals surface area contributed by atoms with Crippen LogP contribution in [0.5, 0.6) is 0 Å². The molecule has 2 nitrogen and oxygen atoms in total. The summed E-state index contributed by atoms with van der Waals surface area (Å²) in [6.45, 7) is 2.97. The normalized spacial score (nSPS) is 12.8. The Balaban J connectivity index is 2.90. The van der Waals surface area contributed by atoms with Crippen molar-refractivity contribution in [2.24, 2.45) is 11.5 Å². The van der Waals surface area contributed by atoms with E-state index >= 15 is 0 Å². The Bertz CT molecular complexity index is 146. The van der Waals surface area contributed by atoms with E-state index in [1.807, 2.05) is 0 Å². The summed E-state index contributed by atoms with van der Waals surface area (Å²) in [4.78, 5) is 0. The number of unbranched alkanes of at least 4 members (excludes halogenated alkanes) is 11. The molecule has 1 atom stereocenters. The lowest BCUT2D eigenvalue weighted by Crippen LogP contribution is -2.13. The molecule has 110 valence electrons. The zero-order valence-electron chi connectivity index (χ0n) is 12.6. The van der Waals surface area contributed by atoms with E-state index in [0.717, 1.165) is 6.54 Å². The minimum absolute atomic E-state index is 0.393. The van der Waals surface area contributed by atoms with Crippen LogP contribution < -0.4 is 11.5 Å². The zero-order chi connectivity index (χ0) is 13.5. The van der Waals surface area contributed by atoms with E-state index in [4.69, 9.17) is 11.5 Å². The third-order valence-corrected chi connectivity index (χ3v) is 3.61. The van der Waals surface area contributed by atoms with E-state index in [2.05, 4.69) is 6.92 Å². The van der Waals surface area contributed by atoms with Gasteiger partial charge in [0.25, 0.3) is 0 Å². The smallest absolute Gasteiger partial charge is 0.00104 e. The van der Waals surface area contributed by atoms with Gasteiger partial charge in [-0.1, -0.05) is 70.6 Å². The Morgan fingerprint density at radius 3 is 1.28 bits per heavy atom. The molecule has 0 bridgehead atoms. The summed E-state index contributed by atoms with van der Waals surface area (Å²) in [5, 5.41) is 0. The van der Waals surface area contributed by atoms with Gasteiger partial charge < -0.3 is 11.5 Å². The van der Waals surface area contributed by atoms with E-state index in [-0.39, 0.29) is 0 Å². The van der Waals surface area contributed by atoms with Gasteiger partial charge in [-0.3, -0.25) is 0 Å².